The molecule has 0 spiro atoms. The molecule has 102 valence electrons. The normalized spacial score (nSPS) is 19.7. The quantitative estimate of drug-likeness (QED) is 0.650. The fourth-order valence-electron chi connectivity index (χ4n) is 2.43. The number of hydrogen-bond acceptors (Lipinski definition) is 3. The smallest absolute Gasteiger partial charge is 0.237 e. The van der Waals surface area contributed by atoms with Crippen LogP contribution in [0, 0.1) is 0 Å². The summed E-state index contributed by atoms with van der Waals surface area (Å²) in [7, 11) is 1.96. The van der Waals surface area contributed by atoms with E-state index in [1.165, 1.54) is 12.8 Å². The third-order valence-corrected chi connectivity index (χ3v) is 3.33. The molecule has 0 aromatic heterocycles. The molecule has 0 radical (unpaired) electrons. The third-order valence-electron chi connectivity index (χ3n) is 3.33. The molecule has 1 atom stereocenters. The van der Waals surface area contributed by atoms with Crippen LogP contribution in [0.1, 0.15) is 12.8 Å². The predicted molar refractivity (Wildman–Crippen MR) is 75.5 cm³/mol. The van der Waals surface area contributed by atoms with Crippen molar-refractivity contribution in [2.75, 3.05) is 39.8 Å². The fourth-order valence-corrected chi connectivity index (χ4v) is 2.43. The Morgan fingerprint density at radius 3 is 2.67 bits per heavy atom. The zero-order chi connectivity index (χ0) is 13.4. The lowest BCUT2D eigenvalue weighted by Crippen LogP contribution is -2.44. The molecule has 0 aromatic rings. The molecule has 0 bridgehead atoms. The van der Waals surface area contributed by atoms with Crippen LogP contribution in [-0.4, -0.2) is 61.5 Å². The van der Waals surface area contributed by atoms with E-state index in [1.54, 1.807) is 17.1 Å². The Bertz CT molecular complexity index is 281. The number of hydrogen-bond donors (Lipinski definition) is 1. The second-order valence-corrected chi connectivity index (χ2v) is 4.70. The van der Waals surface area contributed by atoms with Crippen LogP contribution in [0.2, 0.25) is 0 Å². The van der Waals surface area contributed by atoms with Gasteiger partial charge in [0.15, 0.2) is 0 Å². The molecule has 1 N–H and O–H groups in total. The summed E-state index contributed by atoms with van der Waals surface area (Å²) < 4.78 is 0. The van der Waals surface area contributed by atoms with Crippen molar-refractivity contribution in [1.29, 1.82) is 0 Å². The summed E-state index contributed by atoms with van der Waals surface area (Å²) in [5.41, 5.74) is 0. The van der Waals surface area contributed by atoms with E-state index in [0.717, 1.165) is 13.1 Å². The molecule has 1 rings (SSSR count). The number of nitrogens with one attached hydrogen (secondary N) is 1. The van der Waals surface area contributed by atoms with Gasteiger partial charge < -0.3 is 10.2 Å². The SMILES string of the molecule is C=CCN(CC=C)C(=O)CN1CCCC1CNC. The molecule has 1 fully saturated rings. The van der Waals surface area contributed by atoms with Crippen molar-refractivity contribution in [2.24, 2.45) is 0 Å². The summed E-state index contributed by atoms with van der Waals surface area (Å²) in [4.78, 5) is 16.3. The molecule has 0 aliphatic carbocycles. The van der Waals surface area contributed by atoms with Gasteiger partial charge in [0.1, 0.15) is 0 Å². The second-order valence-electron chi connectivity index (χ2n) is 4.70. The first-order valence-electron chi connectivity index (χ1n) is 6.61. The Kier molecular flexibility index (Phi) is 6.68. The number of carbonyl (C=O) groups is 1. The summed E-state index contributed by atoms with van der Waals surface area (Å²) in [5, 5.41) is 3.19. The van der Waals surface area contributed by atoms with Gasteiger partial charge in [-0.1, -0.05) is 12.2 Å². The Morgan fingerprint density at radius 2 is 2.11 bits per heavy atom. The minimum atomic E-state index is 0.165. The van der Waals surface area contributed by atoms with Crippen LogP contribution in [0.4, 0.5) is 0 Å². The Hall–Kier alpha value is -1.13. The summed E-state index contributed by atoms with van der Waals surface area (Å²) in [6, 6.07) is 0.494. The van der Waals surface area contributed by atoms with Gasteiger partial charge in [0.25, 0.3) is 0 Å². The third kappa shape index (κ3) is 4.27. The van der Waals surface area contributed by atoms with E-state index in [4.69, 9.17) is 0 Å². The predicted octanol–water partition coefficient (Wildman–Crippen LogP) is 0.871. The zero-order valence-electron chi connectivity index (χ0n) is 11.4. The van der Waals surface area contributed by atoms with Crippen molar-refractivity contribution in [2.45, 2.75) is 18.9 Å². The maximum absolute atomic E-state index is 12.2. The van der Waals surface area contributed by atoms with Crippen molar-refractivity contribution < 1.29 is 4.79 Å². The van der Waals surface area contributed by atoms with Crippen LogP contribution in [-0.2, 0) is 4.79 Å². The van der Waals surface area contributed by atoms with Crippen LogP contribution in [0.5, 0.6) is 0 Å². The van der Waals surface area contributed by atoms with Gasteiger partial charge in [0.2, 0.25) is 5.91 Å². The molecule has 4 nitrogen and oxygen atoms in total. The van der Waals surface area contributed by atoms with Gasteiger partial charge in [-0.25, -0.2) is 0 Å². The van der Waals surface area contributed by atoms with E-state index in [1.807, 2.05) is 7.05 Å². The van der Waals surface area contributed by atoms with Crippen LogP contribution >= 0.6 is 0 Å². The standard InChI is InChI=1S/C14H25N3O/c1-4-8-16(9-5-2)14(18)12-17-10-6-7-13(17)11-15-3/h4-5,13,15H,1-2,6-12H2,3H3. The highest BCUT2D eigenvalue weighted by Crippen LogP contribution is 2.16. The Labute approximate surface area is 110 Å². The first-order chi connectivity index (χ1) is 8.72. The number of amides is 1. The largest absolute Gasteiger partial charge is 0.334 e. The molecule has 0 aromatic carbocycles. The summed E-state index contributed by atoms with van der Waals surface area (Å²) in [6.45, 7) is 11.0. The Morgan fingerprint density at radius 1 is 1.44 bits per heavy atom. The van der Waals surface area contributed by atoms with Gasteiger partial charge >= 0.3 is 0 Å². The van der Waals surface area contributed by atoms with Crippen molar-refractivity contribution in [3.05, 3.63) is 25.3 Å². The number of rotatable bonds is 8. The van der Waals surface area contributed by atoms with Crippen molar-refractivity contribution in [3.8, 4) is 0 Å². The van der Waals surface area contributed by atoms with E-state index >= 15 is 0 Å². The first-order valence-corrected chi connectivity index (χ1v) is 6.61. The van der Waals surface area contributed by atoms with Gasteiger partial charge in [0.05, 0.1) is 6.54 Å². The number of likely N-dealkylation sites (tertiary alicyclic amines) is 1. The highest BCUT2D eigenvalue weighted by molar-refractivity contribution is 5.78. The minimum Gasteiger partial charge on any atom is -0.334 e. The van der Waals surface area contributed by atoms with Gasteiger partial charge in [0, 0.05) is 25.7 Å². The lowest BCUT2D eigenvalue weighted by molar-refractivity contribution is -0.131. The molecule has 1 unspecified atom stereocenters. The van der Waals surface area contributed by atoms with Gasteiger partial charge in [-0.15, -0.1) is 13.2 Å². The van der Waals surface area contributed by atoms with E-state index in [9.17, 15) is 4.79 Å². The molecule has 4 heteroatoms. The number of carbonyl (C=O) groups excluding carboxylic acids is 1. The first kappa shape index (κ1) is 14.9. The molecule has 1 aliphatic heterocycles. The lowest BCUT2D eigenvalue weighted by atomic mass is 10.2. The van der Waals surface area contributed by atoms with E-state index in [-0.39, 0.29) is 5.91 Å². The highest BCUT2D eigenvalue weighted by atomic mass is 16.2. The summed E-state index contributed by atoms with van der Waals surface area (Å²) in [6.07, 6.45) is 5.88. The van der Waals surface area contributed by atoms with Crippen LogP contribution in [0.15, 0.2) is 25.3 Å². The van der Waals surface area contributed by atoms with E-state index < -0.39 is 0 Å². The Balaban J connectivity index is 2.50. The molecule has 1 amide bonds. The average Bonchev–Trinajstić information content (AvgIpc) is 2.77. The molecule has 18 heavy (non-hydrogen) atoms. The van der Waals surface area contributed by atoms with Gasteiger partial charge in [-0.3, -0.25) is 9.69 Å². The monoisotopic (exact) mass is 251 g/mol. The van der Waals surface area contributed by atoms with Crippen molar-refractivity contribution in [3.63, 3.8) is 0 Å². The van der Waals surface area contributed by atoms with Crippen LogP contribution in [0.3, 0.4) is 0 Å². The van der Waals surface area contributed by atoms with Gasteiger partial charge in [-0.2, -0.15) is 0 Å². The zero-order valence-corrected chi connectivity index (χ0v) is 11.4. The molecule has 1 heterocycles. The van der Waals surface area contributed by atoms with Gasteiger partial charge in [-0.05, 0) is 26.4 Å². The maximum Gasteiger partial charge on any atom is 0.237 e. The lowest BCUT2D eigenvalue weighted by Gasteiger charge is -2.27. The number of likely N-dealkylation sites (N-methyl/N-ethyl adjacent to an activating group) is 1. The van der Waals surface area contributed by atoms with E-state index in [0.29, 0.717) is 25.7 Å². The summed E-state index contributed by atoms with van der Waals surface area (Å²) >= 11 is 0. The van der Waals surface area contributed by atoms with Crippen molar-refractivity contribution >= 4 is 5.91 Å². The highest BCUT2D eigenvalue weighted by Gasteiger charge is 2.26. The molecular weight excluding hydrogens is 226 g/mol. The second kappa shape index (κ2) is 8.06. The molecule has 1 saturated heterocycles. The van der Waals surface area contributed by atoms with Crippen LogP contribution < -0.4 is 5.32 Å². The average molecular weight is 251 g/mol. The van der Waals surface area contributed by atoms with Crippen molar-refractivity contribution in [1.82, 2.24) is 15.1 Å². The fraction of sp³-hybridized carbons (Fsp3) is 0.643. The minimum absolute atomic E-state index is 0.165. The summed E-state index contributed by atoms with van der Waals surface area (Å²) in [5.74, 6) is 0.165. The van der Waals surface area contributed by atoms with Crippen LogP contribution in [0.25, 0.3) is 0 Å². The molecule has 0 saturated carbocycles. The maximum atomic E-state index is 12.2. The number of nitrogens with zero attached hydrogens (tertiary/aromatic N) is 2. The molecule has 1 aliphatic rings. The van der Waals surface area contributed by atoms with E-state index in [2.05, 4.69) is 23.4 Å². The topological polar surface area (TPSA) is 35.6 Å². The molecular formula is C14H25N3O.